The summed E-state index contributed by atoms with van der Waals surface area (Å²) in [6, 6.07) is 12.7. The average molecular weight is 416 g/mol. The number of para-hydroxylation sites is 1. The van der Waals surface area contributed by atoms with Crippen molar-refractivity contribution in [2.24, 2.45) is 0 Å². The van der Waals surface area contributed by atoms with E-state index in [1.807, 2.05) is 24.4 Å². The second-order valence-corrected chi connectivity index (χ2v) is 9.41. The Hall–Kier alpha value is -2.71. The van der Waals surface area contributed by atoms with Gasteiger partial charge in [0.2, 0.25) is 10.0 Å². The molecule has 0 atom stereocenters. The molecule has 0 spiro atoms. The molecule has 0 saturated heterocycles. The smallest absolute Gasteiger partial charge is 0.259 e. The lowest BCUT2D eigenvalue weighted by Crippen LogP contribution is -2.27. The lowest BCUT2D eigenvalue weighted by Gasteiger charge is -2.19. The summed E-state index contributed by atoms with van der Waals surface area (Å²) in [4.78, 5) is 17.2. The zero-order valence-electron chi connectivity index (χ0n) is 16.1. The van der Waals surface area contributed by atoms with Crippen molar-refractivity contribution in [3.8, 4) is 11.3 Å². The highest BCUT2D eigenvalue weighted by atomic mass is 32.2. The Kier molecular flexibility index (Phi) is 5.53. The molecule has 0 unspecified atom stereocenters. The van der Waals surface area contributed by atoms with Gasteiger partial charge in [-0.15, -0.1) is 11.3 Å². The van der Waals surface area contributed by atoms with Crippen LogP contribution in [0.2, 0.25) is 0 Å². The van der Waals surface area contributed by atoms with E-state index in [2.05, 4.69) is 23.3 Å². The van der Waals surface area contributed by atoms with Crippen LogP contribution in [-0.4, -0.2) is 32.6 Å². The van der Waals surface area contributed by atoms with Gasteiger partial charge in [0.25, 0.3) is 5.91 Å². The fourth-order valence-corrected chi connectivity index (χ4v) is 3.88. The number of thiazole rings is 1. The van der Waals surface area contributed by atoms with E-state index in [-0.39, 0.29) is 5.56 Å². The van der Waals surface area contributed by atoms with Gasteiger partial charge in [0, 0.05) is 18.0 Å². The summed E-state index contributed by atoms with van der Waals surface area (Å²) in [6.45, 7) is 4.10. The molecule has 0 aliphatic carbocycles. The number of aryl methyl sites for hydroxylation is 2. The molecule has 0 fully saturated rings. The van der Waals surface area contributed by atoms with E-state index in [0.717, 1.165) is 21.8 Å². The molecule has 1 N–H and O–H groups in total. The Morgan fingerprint density at radius 3 is 2.50 bits per heavy atom. The molecule has 0 saturated carbocycles. The van der Waals surface area contributed by atoms with Gasteiger partial charge in [-0.2, -0.15) is 0 Å². The quantitative estimate of drug-likeness (QED) is 0.681. The van der Waals surface area contributed by atoms with Gasteiger partial charge in [-0.1, -0.05) is 24.3 Å². The van der Waals surface area contributed by atoms with Crippen LogP contribution in [0.15, 0.2) is 47.8 Å². The molecule has 8 heteroatoms. The third-order valence-corrected chi connectivity index (χ3v) is 6.46. The van der Waals surface area contributed by atoms with Gasteiger partial charge in [0.15, 0.2) is 5.13 Å². The summed E-state index contributed by atoms with van der Waals surface area (Å²) in [5, 5.41) is 5.10. The number of hydrogen-bond acceptors (Lipinski definition) is 5. The predicted molar refractivity (Wildman–Crippen MR) is 115 cm³/mol. The normalized spacial score (nSPS) is 11.3. The Morgan fingerprint density at radius 1 is 1.11 bits per heavy atom. The molecule has 146 valence electrons. The summed E-state index contributed by atoms with van der Waals surface area (Å²) in [6.07, 6.45) is 1.10. The molecule has 1 aromatic heterocycles. The number of benzene rings is 2. The summed E-state index contributed by atoms with van der Waals surface area (Å²) in [5.41, 5.74) is 4.72. The number of anilines is 2. The van der Waals surface area contributed by atoms with Crippen molar-refractivity contribution in [1.29, 1.82) is 0 Å². The molecule has 1 heterocycles. The first-order valence-electron chi connectivity index (χ1n) is 8.54. The molecule has 2 aromatic carbocycles. The number of nitrogens with one attached hydrogen (secondary N) is 1. The minimum Gasteiger partial charge on any atom is -0.298 e. The Balaban J connectivity index is 1.85. The SMILES string of the molecule is Cc1ccc(-c2csc(NC(=O)c3ccccc3N(C)S(C)(=O)=O)n2)cc1C. The zero-order valence-corrected chi connectivity index (χ0v) is 17.7. The monoisotopic (exact) mass is 415 g/mol. The number of nitrogens with zero attached hydrogens (tertiary/aromatic N) is 2. The summed E-state index contributed by atoms with van der Waals surface area (Å²) in [5.74, 6) is -0.410. The van der Waals surface area contributed by atoms with Crippen LogP contribution in [0, 0.1) is 13.8 Å². The maximum absolute atomic E-state index is 12.7. The topological polar surface area (TPSA) is 79.4 Å². The van der Waals surface area contributed by atoms with Crippen molar-refractivity contribution in [2.75, 3.05) is 22.9 Å². The van der Waals surface area contributed by atoms with Crippen LogP contribution in [0.25, 0.3) is 11.3 Å². The maximum Gasteiger partial charge on any atom is 0.259 e. The first kappa shape index (κ1) is 20.0. The fraction of sp³-hybridized carbons (Fsp3) is 0.200. The molecular formula is C20H21N3O3S2. The summed E-state index contributed by atoms with van der Waals surface area (Å²) in [7, 11) is -2.06. The molecule has 28 heavy (non-hydrogen) atoms. The first-order valence-corrected chi connectivity index (χ1v) is 11.3. The molecule has 3 rings (SSSR count). The molecule has 0 radical (unpaired) electrons. The number of aromatic nitrogens is 1. The largest absolute Gasteiger partial charge is 0.298 e. The molecule has 6 nitrogen and oxygen atoms in total. The van der Waals surface area contributed by atoms with Crippen molar-refractivity contribution in [1.82, 2.24) is 4.98 Å². The van der Waals surface area contributed by atoms with Gasteiger partial charge in [0.05, 0.1) is 23.2 Å². The van der Waals surface area contributed by atoms with Crippen LogP contribution in [0.4, 0.5) is 10.8 Å². The summed E-state index contributed by atoms with van der Waals surface area (Å²) >= 11 is 1.32. The highest BCUT2D eigenvalue weighted by Gasteiger charge is 2.20. The van der Waals surface area contributed by atoms with E-state index in [4.69, 9.17) is 0 Å². The van der Waals surface area contributed by atoms with E-state index in [1.54, 1.807) is 24.3 Å². The third-order valence-electron chi connectivity index (χ3n) is 4.51. The second-order valence-electron chi connectivity index (χ2n) is 6.54. The highest BCUT2D eigenvalue weighted by Crippen LogP contribution is 2.28. The number of carbonyl (C=O) groups excluding carboxylic acids is 1. The Labute approximate surface area is 168 Å². The predicted octanol–water partition coefficient (Wildman–Crippen LogP) is 4.08. The summed E-state index contributed by atoms with van der Waals surface area (Å²) < 4.78 is 24.8. The van der Waals surface area contributed by atoms with Crippen LogP contribution in [0.1, 0.15) is 21.5 Å². The minimum absolute atomic E-state index is 0.262. The minimum atomic E-state index is -3.48. The number of hydrogen-bond donors (Lipinski definition) is 1. The Morgan fingerprint density at radius 2 is 1.82 bits per heavy atom. The lowest BCUT2D eigenvalue weighted by molar-refractivity contribution is 0.102. The Bertz CT molecular complexity index is 1140. The number of rotatable bonds is 5. The van der Waals surface area contributed by atoms with E-state index >= 15 is 0 Å². The number of carbonyl (C=O) groups is 1. The fourth-order valence-electron chi connectivity index (χ4n) is 2.65. The third kappa shape index (κ3) is 4.23. The van der Waals surface area contributed by atoms with Crippen LogP contribution in [0.3, 0.4) is 0 Å². The number of amides is 1. The molecular weight excluding hydrogens is 394 g/mol. The van der Waals surface area contributed by atoms with Gasteiger partial charge in [0.1, 0.15) is 0 Å². The van der Waals surface area contributed by atoms with Crippen molar-refractivity contribution in [3.63, 3.8) is 0 Å². The van der Waals surface area contributed by atoms with Crippen molar-refractivity contribution in [2.45, 2.75) is 13.8 Å². The van der Waals surface area contributed by atoms with Gasteiger partial charge >= 0.3 is 0 Å². The van der Waals surface area contributed by atoms with E-state index in [0.29, 0.717) is 10.8 Å². The van der Waals surface area contributed by atoms with Crippen molar-refractivity contribution in [3.05, 3.63) is 64.5 Å². The molecule has 0 aliphatic rings. The first-order chi connectivity index (χ1) is 13.2. The van der Waals surface area contributed by atoms with Gasteiger partial charge < -0.3 is 0 Å². The average Bonchev–Trinajstić information content (AvgIpc) is 3.11. The van der Waals surface area contributed by atoms with Crippen LogP contribution in [-0.2, 0) is 10.0 Å². The zero-order chi connectivity index (χ0) is 20.5. The van der Waals surface area contributed by atoms with Crippen molar-refractivity contribution >= 4 is 38.1 Å². The number of sulfonamides is 1. The molecule has 3 aromatic rings. The van der Waals surface area contributed by atoms with Gasteiger partial charge in [-0.25, -0.2) is 13.4 Å². The molecule has 1 amide bonds. The maximum atomic E-state index is 12.7. The van der Waals surface area contributed by atoms with E-state index in [1.165, 1.54) is 29.5 Å². The molecule has 0 aliphatic heterocycles. The van der Waals surface area contributed by atoms with E-state index in [9.17, 15) is 13.2 Å². The van der Waals surface area contributed by atoms with Gasteiger partial charge in [-0.3, -0.25) is 14.4 Å². The standard InChI is InChI=1S/C20H21N3O3S2/c1-13-9-10-15(11-14(13)2)17-12-27-20(21-17)22-19(24)16-7-5-6-8-18(16)23(3)28(4,25)26/h5-12H,1-4H3,(H,21,22,24). The van der Waals surface area contributed by atoms with Crippen LogP contribution < -0.4 is 9.62 Å². The highest BCUT2D eigenvalue weighted by molar-refractivity contribution is 7.92. The second kappa shape index (κ2) is 7.73. The lowest BCUT2D eigenvalue weighted by atomic mass is 10.1. The van der Waals surface area contributed by atoms with Crippen LogP contribution >= 0.6 is 11.3 Å². The molecule has 0 bridgehead atoms. The van der Waals surface area contributed by atoms with E-state index < -0.39 is 15.9 Å². The van der Waals surface area contributed by atoms with Crippen LogP contribution in [0.5, 0.6) is 0 Å². The van der Waals surface area contributed by atoms with Crippen molar-refractivity contribution < 1.29 is 13.2 Å². The van der Waals surface area contributed by atoms with Gasteiger partial charge in [-0.05, 0) is 43.2 Å².